The van der Waals surface area contributed by atoms with Gasteiger partial charge in [0.1, 0.15) is 6.10 Å². The lowest BCUT2D eigenvalue weighted by molar-refractivity contribution is -0.0697. The van der Waals surface area contributed by atoms with Gasteiger partial charge in [-0.15, -0.1) is 0 Å². The molecule has 1 rings (SSSR count). The molecule has 0 radical (unpaired) electrons. The molecule has 0 fully saturated rings. The van der Waals surface area contributed by atoms with Crippen LogP contribution in [-0.2, 0) is 6.54 Å². The SMILES string of the molecule is CCC(C)(O)C(O)c1c(Cl)cnn1CCN(C)C. The van der Waals surface area contributed by atoms with Gasteiger partial charge >= 0.3 is 0 Å². The molecule has 0 amide bonds. The molecule has 1 aromatic rings. The Morgan fingerprint density at radius 3 is 2.67 bits per heavy atom. The molecular formula is C12H22ClN3O2. The maximum Gasteiger partial charge on any atom is 0.125 e. The average molecular weight is 276 g/mol. The van der Waals surface area contributed by atoms with Crippen molar-refractivity contribution in [2.75, 3.05) is 20.6 Å². The lowest BCUT2D eigenvalue weighted by Gasteiger charge is -2.28. The van der Waals surface area contributed by atoms with Crippen molar-refractivity contribution in [2.24, 2.45) is 0 Å². The number of rotatable bonds is 6. The highest BCUT2D eigenvalue weighted by Crippen LogP contribution is 2.32. The van der Waals surface area contributed by atoms with Gasteiger partial charge in [0.25, 0.3) is 0 Å². The van der Waals surface area contributed by atoms with E-state index in [-0.39, 0.29) is 0 Å². The van der Waals surface area contributed by atoms with Gasteiger partial charge in [-0.25, -0.2) is 0 Å². The normalized spacial score (nSPS) is 16.9. The van der Waals surface area contributed by atoms with E-state index in [9.17, 15) is 10.2 Å². The second-order valence-corrected chi connectivity index (χ2v) is 5.42. The van der Waals surface area contributed by atoms with Gasteiger partial charge in [-0.05, 0) is 27.4 Å². The summed E-state index contributed by atoms with van der Waals surface area (Å²) in [5, 5.41) is 24.9. The Morgan fingerprint density at radius 2 is 2.17 bits per heavy atom. The van der Waals surface area contributed by atoms with Gasteiger partial charge in [0.15, 0.2) is 0 Å². The van der Waals surface area contributed by atoms with Crippen molar-refractivity contribution in [1.82, 2.24) is 14.7 Å². The number of hydrogen-bond acceptors (Lipinski definition) is 4. The molecule has 2 unspecified atom stereocenters. The second kappa shape index (κ2) is 6.02. The van der Waals surface area contributed by atoms with E-state index in [1.807, 2.05) is 25.9 Å². The molecule has 1 heterocycles. The Balaban J connectivity index is 2.97. The lowest BCUT2D eigenvalue weighted by Crippen LogP contribution is -2.34. The van der Waals surface area contributed by atoms with Gasteiger partial charge in [0.05, 0.1) is 29.1 Å². The minimum atomic E-state index is -1.21. The number of aliphatic hydroxyl groups is 2. The second-order valence-electron chi connectivity index (χ2n) is 5.02. The summed E-state index contributed by atoms with van der Waals surface area (Å²) in [5.41, 5.74) is -0.732. The molecule has 0 aliphatic heterocycles. The van der Waals surface area contributed by atoms with Crippen molar-refractivity contribution in [2.45, 2.75) is 38.5 Å². The molecule has 6 heteroatoms. The number of likely N-dealkylation sites (N-methyl/N-ethyl adjacent to an activating group) is 1. The number of halogens is 1. The number of aliphatic hydroxyl groups excluding tert-OH is 1. The van der Waals surface area contributed by atoms with E-state index in [4.69, 9.17) is 11.6 Å². The molecule has 5 nitrogen and oxygen atoms in total. The average Bonchev–Trinajstić information content (AvgIpc) is 2.66. The van der Waals surface area contributed by atoms with E-state index >= 15 is 0 Å². The maximum absolute atomic E-state index is 10.3. The summed E-state index contributed by atoms with van der Waals surface area (Å²) in [4.78, 5) is 2.02. The van der Waals surface area contributed by atoms with Gasteiger partial charge in [-0.1, -0.05) is 18.5 Å². The molecule has 0 bridgehead atoms. The van der Waals surface area contributed by atoms with Crippen LogP contribution in [0, 0.1) is 0 Å². The zero-order valence-corrected chi connectivity index (χ0v) is 12.1. The van der Waals surface area contributed by atoms with E-state index in [0.717, 1.165) is 6.54 Å². The Bertz CT molecular complexity index is 391. The largest absolute Gasteiger partial charge is 0.387 e. The van der Waals surface area contributed by atoms with Gasteiger partial charge < -0.3 is 15.1 Å². The fourth-order valence-electron chi connectivity index (χ4n) is 1.60. The third kappa shape index (κ3) is 3.45. The standard InChI is InChI=1S/C12H22ClN3O2/c1-5-12(2,18)11(17)10-9(13)8-14-16(10)7-6-15(3)4/h8,11,17-18H,5-7H2,1-4H3. The van der Waals surface area contributed by atoms with E-state index in [2.05, 4.69) is 5.10 Å². The van der Waals surface area contributed by atoms with E-state index in [1.54, 1.807) is 11.6 Å². The highest BCUT2D eigenvalue weighted by Gasteiger charge is 2.33. The van der Waals surface area contributed by atoms with Crippen molar-refractivity contribution in [3.63, 3.8) is 0 Å². The topological polar surface area (TPSA) is 61.5 Å². The van der Waals surface area contributed by atoms with Crippen LogP contribution in [0.15, 0.2) is 6.20 Å². The summed E-state index contributed by atoms with van der Waals surface area (Å²) >= 11 is 6.05. The third-order valence-electron chi connectivity index (χ3n) is 3.16. The van der Waals surface area contributed by atoms with Gasteiger partial charge in [-0.2, -0.15) is 5.10 Å². The van der Waals surface area contributed by atoms with Crippen LogP contribution in [0.1, 0.15) is 32.1 Å². The zero-order chi connectivity index (χ0) is 13.9. The molecule has 1 aromatic heterocycles. The molecule has 0 saturated heterocycles. The first-order valence-corrected chi connectivity index (χ1v) is 6.43. The van der Waals surface area contributed by atoms with Crippen LogP contribution in [0.4, 0.5) is 0 Å². The van der Waals surface area contributed by atoms with Gasteiger partial charge in [0.2, 0.25) is 0 Å². The number of hydrogen-bond donors (Lipinski definition) is 2. The van der Waals surface area contributed by atoms with Gasteiger partial charge in [0, 0.05) is 6.54 Å². The summed E-state index contributed by atoms with van der Waals surface area (Å²) in [5.74, 6) is 0. The molecule has 104 valence electrons. The first-order chi connectivity index (χ1) is 8.29. The summed E-state index contributed by atoms with van der Waals surface area (Å²) in [6.07, 6.45) is 0.893. The predicted molar refractivity (Wildman–Crippen MR) is 71.7 cm³/mol. The smallest absolute Gasteiger partial charge is 0.125 e. The fraction of sp³-hybridized carbons (Fsp3) is 0.750. The van der Waals surface area contributed by atoms with Crippen LogP contribution in [0.25, 0.3) is 0 Å². The van der Waals surface area contributed by atoms with Crippen LogP contribution < -0.4 is 0 Å². The minimum absolute atomic E-state index is 0.384. The third-order valence-corrected chi connectivity index (χ3v) is 3.45. The van der Waals surface area contributed by atoms with Crippen molar-refractivity contribution in [1.29, 1.82) is 0 Å². The molecule has 0 aromatic carbocycles. The molecule has 2 atom stereocenters. The zero-order valence-electron chi connectivity index (χ0n) is 11.4. The Kier molecular flexibility index (Phi) is 5.16. The van der Waals surface area contributed by atoms with Crippen molar-refractivity contribution < 1.29 is 10.2 Å². The number of nitrogens with zero attached hydrogens (tertiary/aromatic N) is 3. The maximum atomic E-state index is 10.3. The quantitative estimate of drug-likeness (QED) is 0.821. The molecule has 2 N–H and O–H groups in total. The van der Waals surface area contributed by atoms with Crippen molar-refractivity contribution in [3.8, 4) is 0 Å². The van der Waals surface area contributed by atoms with Gasteiger partial charge in [-0.3, -0.25) is 4.68 Å². The van der Waals surface area contributed by atoms with Crippen LogP contribution in [-0.4, -0.2) is 51.1 Å². The highest BCUT2D eigenvalue weighted by molar-refractivity contribution is 6.31. The summed E-state index contributed by atoms with van der Waals surface area (Å²) < 4.78 is 1.65. The predicted octanol–water partition coefficient (Wildman–Crippen LogP) is 1.29. The van der Waals surface area contributed by atoms with Crippen LogP contribution >= 0.6 is 11.6 Å². The van der Waals surface area contributed by atoms with E-state index < -0.39 is 11.7 Å². The molecule has 0 aliphatic carbocycles. The van der Waals surface area contributed by atoms with Crippen molar-refractivity contribution in [3.05, 3.63) is 16.9 Å². The molecular weight excluding hydrogens is 254 g/mol. The first kappa shape index (κ1) is 15.4. The van der Waals surface area contributed by atoms with E-state index in [1.165, 1.54) is 6.20 Å². The molecule has 18 heavy (non-hydrogen) atoms. The summed E-state index contributed by atoms with van der Waals surface area (Å²) in [7, 11) is 3.92. The lowest BCUT2D eigenvalue weighted by atomic mass is 9.93. The summed E-state index contributed by atoms with van der Waals surface area (Å²) in [6, 6.07) is 0. The minimum Gasteiger partial charge on any atom is -0.387 e. The Hall–Kier alpha value is -0.620. The summed E-state index contributed by atoms with van der Waals surface area (Å²) in [6.45, 7) is 4.81. The fourth-order valence-corrected chi connectivity index (χ4v) is 1.85. The van der Waals surface area contributed by atoms with E-state index in [0.29, 0.717) is 23.7 Å². The Morgan fingerprint density at radius 1 is 1.56 bits per heavy atom. The molecule has 0 saturated carbocycles. The molecule has 0 spiro atoms. The first-order valence-electron chi connectivity index (χ1n) is 6.06. The van der Waals surface area contributed by atoms with Crippen LogP contribution in [0.3, 0.4) is 0 Å². The van der Waals surface area contributed by atoms with Crippen LogP contribution in [0.2, 0.25) is 5.02 Å². The van der Waals surface area contributed by atoms with Crippen molar-refractivity contribution >= 4 is 11.6 Å². The Labute approximate surface area is 113 Å². The van der Waals surface area contributed by atoms with Crippen LogP contribution in [0.5, 0.6) is 0 Å². The monoisotopic (exact) mass is 275 g/mol. The molecule has 0 aliphatic rings. The highest BCUT2D eigenvalue weighted by atomic mass is 35.5. The number of aromatic nitrogens is 2.